The van der Waals surface area contributed by atoms with Crippen LogP contribution in [0.5, 0.6) is 0 Å². The second-order valence-electron chi connectivity index (χ2n) is 10.7. The van der Waals surface area contributed by atoms with Gasteiger partial charge < -0.3 is 4.74 Å². The van der Waals surface area contributed by atoms with E-state index in [9.17, 15) is 19.2 Å². The Morgan fingerprint density at radius 3 is 2.17 bits per heavy atom. The highest BCUT2D eigenvalue weighted by Crippen LogP contribution is 2.65. The highest BCUT2D eigenvalue weighted by molar-refractivity contribution is 6.09. The maximum Gasteiger partial charge on any atom is 0.330 e. The third-order valence-corrected chi connectivity index (χ3v) is 8.73. The van der Waals surface area contributed by atoms with Gasteiger partial charge in [-0.15, -0.1) is 0 Å². The topological polar surface area (TPSA) is 80.8 Å². The van der Waals surface area contributed by atoms with Crippen molar-refractivity contribution >= 4 is 23.6 Å². The van der Waals surface area contributed by atoms with E-state index < -0.39 is 18.6 Å². The number of hydrogen-bond donors (Lipinski definition) is 0. The molecule has 2 saturated carbocycles. The van der Waals surface area contributed by atoms with Crippen molar-refractivity contribution in [2.45, 2.75) is 32.7 Å². The SMILES string of the molecule is Cc1ccc(C(=O)COC(=O)C(Cc2ccccc2)N2C(=O)C3C4C=CC(C5CC45)C3C2=O)cc1C. The van der Waals surface area contributed by atoms with Crippen molar-refractivity contribution in [2.24, 2.45) is 35.5 Å². The molecule has 0 spiro atoms. The van der Waals surface area contributed by atoms with Crippen molar-refractivity contribution in [1.29, 1.82) is 0 Å². The zero-order valence-electron chi connectivity index (χ0n) is 20.4. The predicted octanol–water partition coefficient (Wildman–Crippen LogP) is 3.69. The summed E-state index contributed by atoms with van der Waals surface area (Å²) in [5, 5.41) is 0. The molecular weight excluding hydrogens is 454 g/mol. The molecule has 36 heavy (non-hydrogen) atoms. The van der Waals surface area contributed by atoms with Crippen LogP contribution in [0.1, 0.15) is 33.5 Å². The molecule has 0 radical (unpaired) electrons. The first-order chi connectivity index (χ1) is 17.3. The summed E-state index contributed by atoms with van der Waals surface area (Å²) in [6.45, 7) is 3.45. The normalized spacial score (nSPS) is 30.1. The van der Waals surface area contributed by atoms with E-state index in [4.69, 9.17) is 4.74 Å². The van der Waals surface area contributed by atoms with E-state index in [2.05, 4.69) is 12.2 Å². The van der Waals surface area contributed by atoms with Gasteiger partial charge in [0.05, 0.1) is 11.8 Å². The number of aryl methyl sites for hydroxylation is 2. The van der Waals surface area contributed by atoms with Crippen LogP contribution in [0.25, 0.3) is 0 Å². The number of likely N-dealkylation sites (tertiary alicyclic amines) is 1. The fourth-order valence-electron chi connectivity index (χ4n) is 6.64. The van der Waals surface area contributed by atoms with Crippen LogP contribution in [0.2, 0.25) is 0 Å². The van der Waals surface area contributed by atoms with Gasteiger partial charge in [-0.05, 0) is 66.7 Å². The van der Waals surface area contributed by atoms with Crippen LogP contribution in [0.15, 0.2) is 60.7 Å². The second-order valence-corrected chi connectivity index (χ2v) is 10.7. The maximum atomic E-state index is 13.7. The third kappa shape index (κ3) is 3.62. The van der Waals surface area contributed by atoms with Crippen molar-refractivity contribution < 1.29 is 23.9 Å². The number of carbonyl (C=O) groups excluding carboxylic acids is 4. The Balaban J connectivity index is 1.24. The van der Waals surface area contributed by atoms with Gasteiger partial charge in [0.2, 0.25) is 11.8 Å². The Hall–Kier alpha value is -3.54. The zero-order valence-corrected chi connectivity index (χ0v) is 20.4. The monoisotopic (exact) mass is 483 g/mol. The first-order valence-corrected chi connectivity index (χ1v) is 12.7. The lowest BCUT2D eigenvalue weighted by Gasteiger charge is -2.37. The van der Waals surface area contributed by atoms with Crippen LogP contribution in [0.4, 0.5) is 0 Å². The minimum atomic E-state index is -1.10. The largest absolute Gasteiger partial charge is 0.456 e. The van der Waals surface area contributed by atoms with E-state index in [1.165, 1.54) is 4.90 Å². The van der Waals surface area contributed by atoms with Gasteiger partial charge in [-0.1, -0.05) is 54.6 Å². The molecule has 2 bridgehead atoms. The number of carbonyl (C=O) groups is 4. The Bertz CT molecular complexity index is 1260. The number of ether oxygens (including phenoxy) is 1. The van der Waals surface area contributed by atoms with Crippen LogP contribution in [0.3, 0.4) is 0 Å². The molecule has 7 unspecified atom stereocenters. The van der Waals surface area contributed by atoms with Crippen LogP contribution in [0, 0.1) is 49.4 Å². The lowest BCUT2D eigenvalue weighted by molar-refractivity contribution is -0.158. The van der Waals surface area contributed by atoms with Gasteiger partial charge in [0.25, 0.3) is 0 Å². The minimum Gasteiger partial charge on any atom is -0.456 e. The fourth-order valence-corrected chi connectivity index (χ4v) is 6.64. The first kappa shape index (κ1) is 22.9. The Morgan fingerprint density at radius 2 is 1.56 bits per heavy atom. The fraction of sp³-hybridized carbons (Fsp3) is 0.400. The van der Waals surface area contributed by atoms with E-state index >= 15 is 0 Å². The smallest absolute Gasteiger partial charge is 0.330 e. The minimum absolute atomic E-state index is 0.0752. The van der Waals surface area contributed by atoms with E-state index in [0.717, 1.165) is 23.1 Å². The van der Waals surface area contributed by atoms with Gasteiger partial charge in [0.1, 0.15) is 6.04 Å². The molecule has 1 aliphatic heterocycles. The summed E-state index contributed by atoms with van der Waals surface area (Å²) < 4.78 is 5.47. The van der Waals surface area contributed by atoms with Crippen molar-refractivity contribution in [1.82, 2.24) is 4.90 Å². The third-order valence-electron chi connectivity index (χ3n) is 8.73. The molecule has 1 heterocycles. The number of nitrogens with zero attached hydrogens (tertiary/aromatic N) is 1. The summed E-state index contributed by atoms with van der Waals surface area (Å²) in [5.74, 6) is -1.25. The van der Waals surface area contributed by atoms with E-state index in [1.807, 2.05) is 50.2 Å². The molecule has 6 heteroatoms. The molecule has 7 atom stereocenters. The summed E-state index contributed by atoms with van der Waals surface area (Å²) in [6.07, 6.45) is 5.46. The van der Waals surface area contributed by atoms with E-state index in [-0.39, 0.29) is 47.7 Å². The van der Waals surface area contributed by atoms with Crippen molar-refractivity contribution in [3.05, 3.63) is 82.9 Å². The van der Waals surface area contributed by atoms with Gasteiger partial charge in [0.15, 0.2) is 12.4 Å². The average molecular weight is 484 g/mol. The lowest BCUT2D eigenvalue weighted by atomic mass is 9.63. The van der Waals surface area contributed by atoms with Gasteiger partial charge >= 0.3 is 5.97 Å². The number of esters is 1. The van der Waals surface area contributed by atoms with Crippen LogP contribution >= 0.6 is 0 Å². The second kappa shape index (κ2) is 8.54. The summed E-state index contributed by atoms with van der Waals surface area (Å²) in [6, 6.07) is 13.6. The molecular formula is C30H29NO5. The molecule has 3 fully saturated rings. The number of Topliss-reactive ketones (excluding diaryl/α,β-unsaturated/α-hetero) is 1. The molecule has 184 valence electrons. The standard InChI is InChI=1S/C30H29NO5/c1-16-8-9-19(12-17(16)2)25(32)15-36-30(35)24(13-18-6-4-3-5-7-18)31-28(33)26-20-10-11-21(23-14-22(20)23)27(26)29(31)34/h3-12,20-24,26-27H,13-15H2,1-2H3. The summed E-state index contributed by atoms with van der Waals surface area (Å²) >= 11 is 0. The zero-order chi connectivity index (χ0) is 25.1. The molecule has 6 nitrogen and oxygen atoms in total. The average Bonchev–Trinajstić information content (AvgIpc) is 3.67. The highest BCUT2D eigenvalue weighted by atomic mass is 16.5. The Kier molecular flexibility index (Phi) is 5.43. The van der Waals surface area contributed by atoms with Gasteiger partial charge in [-0.2, -0.15) is 0 Å². The summed E-state index contributed by atoms with van der Waals surface area (Å²) in [7, 11) is 0. The van der Waals surface area contributed by atoms with Crippen LogP contribution in [-0.2, 0) is 25.5 Å². The van der Waals surface area contributed by atoms with Gasteiger partial charge in [0, 0.05) is 12.0 Å². The molecule has 1 saturated heterocycles. The Morgan fingerprint density at radius 1 is 0.917 bits per heavy atom. The molecule has 0 aromatic heterocycles. The number of rotatable bonds is 7. The molecule has 2 aromatic rings. The van der Waals surface area contributed by atoms with E-state index in [0.29, 0.717) is 17.4 Å². The van der Waals surface area contributed by atoms with Crippen molar-refractivity contribution in [3.63, 3.8) is 0 Å². The molecule has 4 aliphatic carbocycles. The highest BCUT2D eigenvalue weighted by Gasteiger charge is 2.68. The van der Waals surface area contributed by atoms with Crippen molar-refractivity contribution in [3.8, 4) is 0 Å². The Labute approximate surface area is 210 Å². The quantitative estimate of drug-likeness (QED) is 0.260. The predicted molar refractivity (Wildman–Crippen MR) is 132 cm³/mol. The van der Waals surface area contributed by atoms with Crippen LogP contribution in [-0.4, -0.2) is 41.1 Å². The van der Waals surface area contributed by atoms with Gasteiger partial charge in [-0.3, -0.25) is 19.3 Å². The molecule has 5 aliphatic rings. The molecule has 0 N–H and O–H groups in total. The number of imide groups is 1. The number of hydrogen-bond acceptors (Lipinski definition) is 5. The number of benzene rings is 2. The van der Waals surface area contributed by atoms with Gasteiger partial charge in [-0.25, -0.2) is 4.79 Å². The molecule has 7 rings (SSSR count). The summed E-state index contributed by atoms with van der Waals surface area (Å²) in [5.41, 5.74) is 3.33. The number of amides is 2. The number of allylic oxidation sites excluding steroid dienone is 2. The van der Waals surface area contributed by atoms with Crippen molar-refractivity contribution in [2.75, 3.05) is 6.61 Å². The van der Waals surface area contributed by atoms with E-state index in [1.54, 1.807) is 12.1 Å². The molecule has 2 aromatic carbocycles. The first-order valence-electron chi connectivity index (χ1n) is 12.7. The molecule has 2 amide bonds. The summed E-state index contributed by atoms with van der Waals surface area (Å²) in [4.78, 5) is 54.7. The maximum absolute atomic E-state index is 13.7. The number of ketones is 1. The lowest BCUT2D eigenvalue weighted by Crippen LogP contribution is -2.48. The van der Waals surface area contributed by atoms with Crippen LogP contribution < -0.4 is 0 Å².